The van der Waals surface area contributed by atoms with Crippen LogP contribution < -0.4 is 16.3 Å². The summed E-state index contributed by atoms with van der Waals surface area (Å²) in [5.74, 6) is -0.100. The maximum Gasteiger partial charge on any atom is 0.330 e. The lowest BCUT2D eigenvalue weighted by atomic mass is 10.1. The average molecular weight is 288 g/mol. The van der Waals surface area contributed by atoms with Crippen LogP contribution >= 0.6 is 0 Å². The molecule has 3 N–H and O–H groups in total. The van der Waals surface area contributed by atoms with Crippen LogP contribution in [0.25, 0.3) is 5.69 Å². The minimum Gasteiger partial charge on any atom is -0.325 e. The molecule has 0 unspecified atom stereocenters. The fourth-order valence-corrected chi connectivity index (χ4v) is 1.78. The van der Waals surface area contributed by atoms with Gasteiger partial charge >= 0.3 is 5.69 Å². The largest absolute Gasteiger partial charge is 0.330 e. The number of carbonyl (C=O) groups excluding carboxylic acids is 1. The van der Waals surface area contributed by atoms with Crippen LogP contribution in [0.5, 0.6) is 0 Å². The van der Waals surface area contributed by atoms with E-state index < -0.39 is 0 Å². The molecule has 0 spiro atoms. The van der Waals surface area contributed by atoms with E-state index >= 15 is 0 Å². The smallest absolute Gasteiger partial charge is 0.325 e. The Kier molecular flexibility index (Phi) is 4.28. The lowest BCUT2D eigenvalue weighted by Gasteiger charge is -2.20. The van der Waals surface area contributed by atoms with Gasteiger partial charge in [0.25, 0.3) is 0 Å². The highest BCUT2D eigenvalue weighted by Gasteiger charge is 2.11. The number of hydrogen-bond acceptors (Lipinski definition) is 3. The first-order chi connectivity index (χ1) is 9.85. The van der Waals surface area contributed by atoms with E-state index in [0.29, 0.717) is 5.69 Å². The standard InChI is InChI=1S/C15H20N4O2/c1-15(2,3)17-10-13(20)18-11-4-6-12(7-5-11)19-9-8-16-14(19)21/h4-9,17H,10H2,1-3H3,(H,16,21)(H,18,20). The second kappa shape index (κ2) is 5.97. The van der Waals surface area contributed by atoms with Gasteiger partial charge < -0.3 is 15.6 Å². The van der Waals surface area contributed by atoms with Gasteiger partial charge in [-0.2, -0.15) is 0 Å². The Morgan fingerprint density at radius 1 is 1.24 bits per heavy atom. The average Bonchev–Trinajstić information content (AvgIpc) is 2.83. The number of anilines is 1. The van der Waals surface area contributed by atoms with Crippen LogP contribution in [0.1, 0.15) is 20.8 Å². The van der Waals surface area contributed by atoms with Gasteiger partial charge in [-0.15, -0.1) is 0 Å². The van der Waals surface area contributed by atoms with E-state index in [1.165, 1.54) is 4.57 Å². The molecule has 6 heteroatoms. The third-order valence-electron chi connectivity index (χ3n) is 2.86. The fraction of sp³-hybridized carbons (Fsp3) is 0.333. The molecule has 2 aromatic rings. The third kappa shape index (κ3) is 4.32. The first-order valence-electron chi connectivity index (χ1n) is 6.76. The summed E-state index contributed by atoms with van der Waals surface area (Å²) in [6.45, 7) is 6.26. The molecule has 0 aliphatic carbocycles. The molecule has 0 saturated carbocycles. The molecule has 6 nitrogen and oxygen atoms in total. The van der Waals surface area contributed by atoms with Gasteiger partial charge in [-0.25, -0.2) is 4.79 Å². The number of H-pyrrole nitrogens is 1. The molecular weight excluding hydrogens is 268 g/mol. The molecule has 1 amide bonds. The summed E-state index contributed by atoms with van der Waals surface area (Å²) in [5, 5.41) is 5.93. The lowest BCUT2D eigenvalue weighted by molar-refractivity contribution is -0.115. The Hall–Kier alpha value is -2.34. The van der Waals surface area contributed by atoms with Crippen LogP contribution in [0.15, 0.2) is 41.5 Å². The van der Waals surface area contributed by atoms with Crippen LogP contribution in [0.3, 0.4) is 0 Å². The maximum atomic E-state index is 11.8. The SMILES string of the molecule is CC(C)(C)NCC(=O)Nc1ccc(-n2cc[nH]c2=O)cc1. The van der Waals surface area contributed by atoms with Crippen LogP contribution in [0.2, 0.25) is 0 Å². The predicted octanol–water partition coefficient (Wildman–Crippen LogP) is 1.49. The number of nitrogens with zero attached hydrogens (tertiary/aromatic N) is 1. The lowest BCUT2D eigenvalue weighted by Crippen LogP contribution is -2.41. The van der Waals surface area contributed by atoms with Crippen molar-refractivity contribution >= 4 is 11.6 Å². The van der Waals surface area contributed by atoms with Gasteiger partial charge in [0, 0.05) is 23.6 Å². The normalized spacial score (nSPS) is 11.4. The molecule has 21 heavy (non-hydrogen) atoms. The number of hydrogen-bond donors (Lipinski definition) is 3. The molecule has 0 aliphatic heterocycles. The van der Waals surface area contributed by atoms with E-state index in [4.69, 9.17) is 0 Å². The zero-order valence-electron chi connectivity index (χ0n) is 12.4. The molecule has 1 heterocycles. The molecule has 0 radical (unpaired) electrons. The fourth-order valence-electron chi connectivity index (χ4n) is 1.78. The summed E-state index contributed by atoms with van der Waals surface area (Å²) < 4.78 is 1.49. The summed E-state index contributed by atoms with van der Waals surface area (Å²) in [5.41, 5.74) is 1.15. The van der Waals surface area contributed by atoms with Crippen LogP contribution in [-0.2, 0) is 4.79 Å². The van der Waals surface area contributed by atoms with Crippen molar-refractivity contribution in [1.29, 1.82) is 0 Å². The highest BCUT2D eigenvalue weighted by molar-refractivity contribution is 5.92. The summed E-state index contributed by atoms with van der Waals surface area (Å²) in [4.78, 5) is 25.9. The van der Waals surface area contributed by atoms with Gasteiger partial charge in [0.1, 0.15) is 0 Å². The highest BCUT2D eigenvalue weighted by Crippen LogP contribution is 2.11. The molecule has 0 bridgehead atoms. The van der Waals surface area contributed by atoms with E-state index in [0.717, 1.165) is 5.69 Å². The number of nitrogens with one attached hydrogen (secondary N) is 3. The van der Waals surface area contributed by atoms with Crippen LogP contribution in [-0.4, -0.2) is 27.5 Å². The Morgan fingerprint density at radius 2 is 1.90 bits per heavy atom. The Labute approximate surface area is 123 Å². The summed E-state index contributed by atoms with van der Waals surface area (Å²) in [7, 11) is 0. The van der Waals surface area contributed by atoms with Crippen molar-refractivity contribution in [2.75, 3.05) is 11.9 Å². The Morgan fingerprint density at radius 3 is 2.43 bits per heavy atom. The molecule has 0 atom stereocenters. The van der Waals surface area contributed by atoms with E-state index in [9.17, 15) is 9.59 Å². The molecule has 0 fully saturated rings. The van der Waals surface area contributed by atoms with Gasteiger partial charge in [-0.05, 0) is 45.0 Å². The zero-order valence-corrected chi connectivity index (χ0v) is 12.4. The summed E-state index contributed by atoms with van der Waals surface area (Å²) >= 11 is 0. The minimum absolute atomic E-state index is 0.100. The number of benzene rings is 1. The number of rotatable bonds is 4. The van der Waals surface area contributed by atoms with E-state index in [-0.39, 0.29) is 23.7 Å². The monoisotopic (exact) mass is 288 g/mol. The van der Waals surface area contributed by atoms with Crippen molar-refractivity contribution in [3.63, 3.8) is 0 Å². The van der Waals surface area contributed by atoms with Crippen LogP contribution in [0, 0.1) is 0 Å². The van der Waals surface area contributed by atoms with Crippen molar-refractivity contribution < 1.29 is 4.79 Å². The van der Waals surface area contributed by atoms with Gasteiger partial charge in [-0.1, -0.05) is 0 Å². The zero-order chi connectivity index (χ0) is 15.5. The van der Waals surface area contributed by atoms with Crippen molar-refractivity contribution in [2.45, 2.75) is 26.3 Å². The molecule has 1 aromatic heterocycles. The molecule has 2 rings (SSSR count). The van der Waals surface area contributed by atoms with Crippen molar-refractivity contribution in [2.24, 2.45) is 0 Å². The third-order valence-corrected chi connectivity index (χ3v) is 2.86. The maximum absolute atomic E-state index is 11.8. The number of aromatic nitrogens is 2. The highest BCUT2D eigenvalue weighted by atomic mass is 16.2. The Bertz CT molecular complexity index is 662. The van der Waals surface area contributed by atoms with E-state index in [1.807, 2.05) is 20.8 Å². The number of amides is 1. The van der Waals surface area contributed by atoms with Gasteiger partial charge in [0.15, 0.2) is 0 Å². The summed E-state index contributed by atoms with van der Waals surface area (Å²) in [6, 6.07) is 7.09. The van der Waals surface area contributed by atoms with E-state index in [1.54, 1.807) is 36.7 Å². The second-order valence-corrected chi connectivity index (χ2v) is 5.83. The summed E-state index contributed by atoms with van der Waals surface area (Å²) in [6.07, 6.45) is 3.24. The quantitative estimate of drug-likeness (QED) is 0.797. The number of carbonyl (C=O) groups is 1. The first-order valence-corrected chi connectivity index (χ1v) is 6.76. The number of imidazole rings is 1. The van der Waals surface area contributed by atoms with Gasteiger partial charge in [-0.3, -0.25) is 9.36 Å². The molecule has 0 aliphatic rings. The molecule has 112 valence electrons. The molecule has 0 saturated heterocycles. The number of aromatic amines is 1. The second-order valence-electron chi connectivity index (χ2n) is 5.83. The molecule has 1 aromatic carbocycles. The molecular formula is C15H20N4O2. The van der Waals surface area contributed by atoms with E-state index in [2.05, 4.69) is 15.6 Å². The van der Waals surface area contributed by atoms with Crippen LogP contribution in [0.4, 0.5) is 5.69 Å². The predicted molar refractivity (Wildman–Crippen MR) is 82.8 cm³/mol. The van der Waals surface area contributed by atoms with Crippen molar-refractivity contribution in [3.05, 3.63) is 47.1 Å². The Balaban J connectivity index is 1.98. The van der Waals surface area contributed by atoms with Crippen molar-refractivity contribution in [1.82, 2.24) is 14.9 Å². The first kappa shape index (κ1) is 15.1. The minimum atomic E-state index is -0.193. The van der Waals surface area contributed by atoms with Gasteiger partial charge in [0.2, 0.25) is 5.91 Å². The van der Waals surface area contributed by atoms with Crippen molar-refractivity contribution in [3.8, 4) is 5.69 Å². The van der Waals surface area contributed by atoms with Gasteiger partial charge in [0.05, 0.1) is 12.2 Å². The topological polar surface area (TPSA) is 78.9 Å².